The average molecular weight is 245 g/mol. The first kappa shape index (κ1) is 11.7. The number of carbonyl (C=O) groups is 1. The fourth-order valence-electron chi connectivity index (χ4n) is 3.40. The van der Waals surface area contributed by atoms with E-state index in [0.29, 0.717) is 6.61 Å². The smallest absolute Gasteiger partial charge is 0.237 e. The summed E-state index contributed by atoms with van der Waals surface area (Å²) in [4.78, 5) is 14.2. The van der Waals surface area contributed by atoms with Crippen molar-refractivity contribution in [2.75, 3.05) is 11.5 Å². The second kappa shape index (κ2) is 4.39. The second-order valence-corrected chi connectivity index (χ2v) is 5.09. The fraction of sp³-hybridized carbons (Fsp3) is 0.533. The van der Waals surface area contributed by atoms with Crippen LogP contribution in [0.25, 0.3) is 0 Å². The third kappa shape index (κ3) is 1.50. The van der Waals surface area contributed by atoms with Crippen LogP contribution in [0.2, 0.25) is 0 Å². The lowest BCUT2D eigenvalue weighted by Gasteiger charge is -2.58. The van der Waals surface area contributed by atoms with Gasteiger partial charge in [-0.1, -0.05) is 24.6 Å². The maximum atomic E-state index is 12.3. The Morgan fingerprint density at radius 3 is 2.83 bits per heavy atom. The zero-order valence-electron chi connectivity index (χ0n) is 10.8. The van der Waals surface area contributed by atoms with Crippen molar-refractivity contribution in [2.24, 2.45) is 5.92 Å². The van der Waals surface area contributed by atoms with Crippen LogP contribution in [0.15, 0.2) is 30.3 Å². The highest BCUT2D eigenvalue weighted by Gasteiger charge is 2.62. The molecule has 0 unspecified atom stereocenters. The number of hydrogen-bond donors (Lipinski definition) is 0. The number of benzene rings is 1. The molecule has 2 aliphatic rings. The van der Waals surface area contributed by atoms with Crippen molar-refractivity contribution in [3.8, 4) is 0 Å². The molecule has 0 bridgehead atoms. The van der Waals surface area contributed by atoms with Crippen LogP contribution in [-0.4, -0.2) is 18.2 Å². The van der Waals surface area contributed by atoms with Gasteiger partial charge in [-0.05, 0) is 38.3 Å². The van der Waals surface area contributed by atoms with Gasteiger partial charge in [-0.25, -0.2) is 0 Å². The highest BCUT2D eigenvalue weighted by atomic mass is 16.5. The van der Waals surface area contributed by atoms with E-state index in [-0.39, 0.29) is 17.6 Å². The number of ether oxygens (including phenoxy) is 1. The summed E-state index contributed by atoms with van der Waals surface area (Å²) in [7, 11) is 0. The molecule has 1 aliphatic heterocycles. The zero-order valence-corrected chi connectivity index (χ0v) is 10.8. The highest BCUT2D eigenvalue weighted by Crippen LogP contribution is 2.50. The van der Waals surface area contributed by atoms with Gasteiger partial charge in [-0.2, -0.15) is 0 Å². The summed E-state index contributed by atoms with van der Waals surface area (Å²) in [6.45, 7) is 2.67. The van der Waals surface area contributed by atoms with Crippen molar-refractivity contribution in [2.45, 2.75) is 38.3 Å². The standard InChI is InChI=1S/C15H19NO2/c1-2-18-15-11-7-6-10-13(15)14(17)16(15)12-8-4-3-5-9-12/h3-5,8-9,13H,2,6-7,10-11H2,1H3/t13-,15-/m0/s1. The van der Waals surface area contributed by atoms with Gasteiger partial charge in [0, 0.05) is 12.3 Å². The topological polar surface area (TPSA) is 29.5 Å². The van der Waals surface area contributed by atoms with Gasteiger partial charge in [0.25, 0.3) is 0 Å². The van der Waals surface area contributed by atoms with E-state index in [2.05, 4.69) is 0 Å². The third-order valence-electron chi connectivity index (χ3n) is 4.13. The molecule has 1 aromatic rings. The molecule has 0 aromatic heterocycles. The summed E-state index contributed by atoms with van der Waals surface area (Å²) in [6, 6.07) is 9.89. The van der Waals surface area contributed by atoms with Crippen LogP contribution in [-0.2, 0) is 9.53 Å². The minimum absolute atomic E-state index is 0.0754. The molecule has 96 valence electrons. The van der Waals surface area contributed by atoms with E-state index >= 15 is 0 Å². The maximum absolute atomic E-state index is 12.3. The lowest BCUT2D eigenvalue weighted by molar-refractivity contribution is -0.177. The van der Waals surface area contributed by atoms with Gasteiger partial charge in [0.2, 0.25) is 5.91 Å². The summed E-state index contributed by atoms with van der Waals surface area (Å²) in [5.74, 6) is 0.306. The van der Waals surface area contributed by atoms with Crippen molar-refractivity contribution >= 4 is 11.6 Å². The van der Waals surface area contributed by atoms with E-state index in [1.165, 1.54) is 0 Å². The predicted molar refractivity (Wildman–Crippen MR) is 70.2 cm³/mol. The molecule has 0 radical (unpaired) electrons. The van der Waals surface area contributed by atoms with E-state index in [9.17, 15) is 4.79 Å². The number of β-lactam (4-membered cyclic amide) rings is 1. The first-order valence-corrected chi connectivity index (χ1v) is 6.82. The number of anilines is 1. The molecule has 18 heavy (non-hydrogen) atoms. The zero-order chi connectivity index (χ0) is 12.6. The molecule has 0 N–H and O–H groups in total. The first-order valence-electron chi connectivity index (χ1n) is 6.82. The molecule has 2 fully saturated rings. The van der Waals surface area contributed by atoms with Crippen molar-refractivity contribution in [3.05, 3.63) is 30.3 Å². The van der Waals surface area contributed by atoms with Gasteiger partial charge in [0.15, 0.2) is 5.72 Å². The van der Waals surface area contributed by atoms with Crippen LogP contribution in [0.4, 0.5) is 5.69 Å². The second-order valence-electron chi connectivity index (χ2n) is 5.09. The predicted octanol–water partition coefficient (Wildman–Crippen LogP) is 2.96. The summed E-state index contributed by atoms with van der Waals surface area (Å²) < 4.78 is 6.01. The van der Waals surface area contributed by atoms with Gasteiger partial charge in [0.1, 0.15) is 0 Å². The Balaban J connectivity index is 1.96. The molecule has 1 aromatic carbocycles. The first-order chi connectivity index (χ1) is 8.79. The van der Waals surface area contributed by atoms with Crippen LogP contribution in [0.1, 0.15) is 32.6 Å². The van der Waals surface area contributed by atoms with Crippen LogP contribution in [0.5, 0.6) is 0 Å². The molecule has 3 heteroatoms. The molecule has 1 saturated heterocycles. The molecular formula is C15H19NO2. The van der Waals surface area contributed by atoms with Crippen molar-refractivity contribution < 1.29 is 9.53 Å². The van der Waals surface area contributed by atoms with Gasteiger partial charge < -0.3 is 4.74 Å². The van der Waals surface area contributed by atoms with Gasteiger partial charge in [0.05, 0.1) is 5.92 Å². The summed E-state index contributed by atoms with van der Waals surface area (Å²) >= 11 is 0. The lowest BCUT2D eigenvalue weighted by Crippen LogP contribution is -2.73. The summed E-state index contributed by atoms with van der Waals surface area (Å²) in [6.07, 6.45) is 4.23. The van der Waals surface area contributed by atoms with E-state index in [1.807, 2.05) is 42.2 Å². The Morgan fingerprint density at radius 2 is 2.11 bits per heavy atom. The van der Waals surface area contributed by atoms with E-state index in [1.54, 1.807) is 0 Å². The van der Waals surface area contributed by atoms with Crippen LogP contribution in [0, 0.1) is 5.92 Å². The largest absolute Gasteiger partial charge is 0.355 e. The molecule has 1 amide bonds. The Bertz CT molecular complexity index is 441. The number of carbonyl (C=O) groups excluding carboxylic acids is 1. The molecule has 1 aliphatic carbocycles. The average Bonchev–Trinajstić information content (AvgIpc) is 2.40. The number of rotatable bonds is 3. The maximum Gasteiger partial charge on any atom is 0.237 e. The number of para-hydroxylation sites is 1. The number of amides is 1. The molecule has 3 rings (SSSR count). The monoisotopic (exact) mass is 245 g/mol. The van der Waals surface area contributed by atoms with Gasteiger partial charge in [-0.15, -0.1) is 0 Å². The molecule has 1 heterocycles. The van der Waals surface area contributed by atoms with Crippen molar-refractivity contribution in [1.29, 1.82) is 0 Å². The van der Waals surface area contributed by atoms with Crippen molar-refractivity contribution in [1.82, 2.24) is 0 Å². The molecule has 3 nitrogen and oxygen atoms in total. The van der Waals surface area contributed by atoms with E-state index in [4.69, 9.17) is 4.74 Å². The third-order valence-corrected chi connectivity index (χ3v) is 4.13. The van der Waals surface area contributed by atoms with Crippen LogP contribution in [0.3, 0.4) is 0 Å². The fourth-order valence-corrected chi connectivity index (χ4v) is 3.40. The quantitative estimate of drug-likeness (QED) is 0.766. The number of fused-ring (bicyclic) bond motifs is 1. The summed E-state index contributed by atoms with van der Waals surface area (Å²) in [5.41, 5.74) is 0.611. The Labute approximate surface area is 108 Å². The Morgan fingerprint density at radius 1 is 1.33 bits per heavy atom. The Kier molecular flexibility index (Phi) is 2.86. The molecule has 2 atom stereocenters. The van der Waals surface area contributed by atoms with E-state index in [0.717, 1.165) is 31.4 Å². The SMILES string of the molecule is CCO[C@@]12CCCC[C@H]1C(=O)N2c1ccccc1. The van der Waals surface area contributed by atoms with E-state index < -0.39 is 0 Å². The molecule has 1 saturated carbocycles. The number of nitrogens with zero attached hydrogens (tertiary/aromatic N) is 1. The summed E-state index contributed by atoms with van der Waals surface area (Å²) in [5, 5.41) is 0. The highest BCUT2D eigenvalue weighted by molar-refractivity contribution is 6.04. The van der Waals surface area contributed by atoms with Crippen LogP contribution >= 0.6 is 0 Å². The minimum atomic E-state index is -0.356. The molecular weight excluding hydrogens is 226 g/mol. The minimum Gasteiger partial charge on any atom is -0.355 e. The van der Waals surface area contributed by atoms with Gasteiger partial charge >= 0.3 is 0 Å². The van der Waals surface area contributed by atoms with Gasteiger partial charge in [-0.3, -0.25) is 9.69 Å². The normalized spacial score (nSPS) is 30.8. The lowest BCUT2D eigenvalue weighted by atomic mass is 9.72. The van der Waals surface area contributed by atoms with Crippen molar-refractivity contribution in [3.63, 3.8) is 0 Å². The molecule has 0 spiro atoms. The number of hydrogen-bond acceptors (Lipinski definition) is 2. The van der Waals surface area contributed by atoms with Crippen LogP contribution < -0.4 is 4.90 Å². The Hall–Kier alpha value is -1.35.